The third-order valence-corrected chi connectivity index (χ3v) is 3.44. The minimum Gasteiger partial charge on any atom is -0.482 e. The molecule has 0 saturated heterocycles. The SMILES string of the molecule is Cc1cc(Cl)ccc1OCC(=O)O[C@H](C)C(=O)Nc1ccccc1. The molecule has 5 nitrogen and oxygen atoms in total. The molecule has 2 aromatic rings. The molecule has 0 aromatic heterocycles. The number of amides is 1. The van der Waals surface area contributed by atoms with Gasteiger partial charge in [0.2, 0.25) is 0 Å². The van der Waals surface area contributed by atoms with Crippen molar-refractivity contribution in [2.75, 3.05) is 11.9 Å². The smallest absolute Gasteiger partial charge is 0.344 e. The molecule has 0 aliphatic rings. The van der Waals surface area contributed by atoms with Gasteiger partial charge in [0.25, 0.3) is 5.91 Å². The zero-order chi connectivity index (χ0) is 17.5. The van der Waals surface area contributed by atoms with E-state index in [4.69, 9.17) is 21.1 Å². The fourth-order valence-electron chi connectivity index (χ4n) is 1.96. The van der Waals surface area contributed by atoms with Crippen LogP contribution in [0, 0.1) is 6.92 Å². The van der Waals surface area contributed by atoms with E-state index < -0.39 is 18.0 Å². The highest BCUT2D eigenvalue weighted by molar-refractivity contribution is 6.30. The van der Waals surface area contributed by atoms with Gasteiger partial charge < -0.3 is 14.8 Å². The minimum absolute atomic E-state index is 0.286. The van der Waals surface area contributed by atoms with Gasteiger partial charge in [-0.05, 0) is 49.7 Å². The largest absolute Gasteiger partial charge is 0.482 e. The van der Waals surface area contributed by atoms with Crippen LogP contribution in [-0.2, 0) is 14.3 Å². The van der Waals surface area contributed by atoms with Crippen LogP contribution in [0.15, 0.2) is 48.5 Å². The molecule has 2 aromatic carbocycles. The number of halogens is 1. The first-order valence-electron chi connectivity index (χ1n) is 7.40. The van der Waals surface area contributed by atoms with Crippen molar-refractivity contribution >= 4 is 29.2 Å². The van der Waals surface area contributed by atoms with Crippen molar-refractivity contribution in [3.05, 3.63) is 59.1 Å². The van der Waals surface area contributed by atoms with Crippen LogP contribution >= 0.6 is 11.6 Å². The van der Waals surface area contributed by atoms with Gasteiger partial charge in [-0.3, -0.25) is 4.79 Å². The molecule has 24 heavy (non-hydrogen) atoms. The Hall–Kier alpha value is -2.53. The topological polar surface area (TPSA) is 64.6 Å². The van der Waals surface area contributed by atoms with Crippen molar-refractivity contribution in [2.45, 2.75) is 20.0 Å². The molecule has 0 unspecified atom stereocenters. The number of rotatable bonds is 6. The predicted octanol–water partition coefficient (Wildman–Crippen LogP) is 3.60. The number of aryl methyl sites for hydroxylation is 1. The summed E-state index contributed by atoms with van der Waals surface area (Å²) in [7, 11) is 0. The van der Waals surface area contributed by atoms with Crippen LogP contribution < -0.4 is 10.1 Å². The Morgan fingerprint density at radius 1 is 1.17 bits per heavy atom. The Balaban J connectivity index is 1.81. The number of carbonyl (C=O) groups excluding carboxylic acids is 2. The molecule has 1 N–H and O–H groups in total. The maximum atomic E-state index is 12.0. The number of ether oxygens (including phenoxy) is 2. The normalized spacial score (nSPS) is 11.5. The third-order valence-electron chi connectivity index (χ3n) is 3.20. The lowest BCUT2D eigenvalue weighted by Gasteiger charge is -2.14. The lowest BCUT2D eigenvalue weighted by Crippen LogP contribution is -2.31. The van der Waals surface area contributed by atoms with Gasteiger partial charge in [0.15, 0.2) is 12.7 Å². The summed E-state index contributed by atoms with van der Waals surface area (Å²) < 4.78 is 10.5. The van der Waals surface area contributed by atoms with E-state index in [2.05, 4.69) is 5.32 Å². The Morgan fingerprint density at radius 3 is 2.54 bits per heavy atom. The number of esters is 1. The number of hydrogen-bond donors (Lipinski definition) is 1. The van der Waals surface area contributed by atoms with Crippen LogP contribution in [0.4, 0.5) is 5.69 Å². The molecular formula is C18H18ClNO4. The Morgan fingerprint density at radius 2 is 1.88 bits per heavy atom. The second kappa shape index (κ2) is 8.36. The van der Waals surface area contributed by atoms with E-state index in [0.29, 0.717) is 16.5 Å². The molecule has 126 valence electrons. The third kappa shape index (κ3) is 5.28. The summed E-state index contributed by atoms with van der Waals surface area (Å²) in [6.07, 6.45) is -0.923. The summed E-state index contributed by atoms with van der Waals surface area (Å²) in [6.45, 7) is 3.04. The summed E-state index contributed by atoms with van der Waals surface area (Å²) >= 11 is 5.86. The Kier molecular flexibility index (Phi) is 6.21. The quantitative estimate of drug-likeness (QED) is 0.811. The second-order valence-corrected chi connectivity index (χ2v) is 5.62. The van der Waals surface area contributed by atoms with Crippen LogP contribution in [0.2, 0.25) is 5.02 Å². The van der Waals surface area contributed by atoms with Crippen molar-refractivity contribution in [3.8, 4) is 5.75 Å². The first-order chi connectivity index (χ1) is 11.5. The number of benzene rings is 2. The van der Waals surface area contributed by atoms with Gasteiger partial charge in [0, 0.05) is 10.7 Å². The minimum atomic E-state index is -0.923. The lowest BCUT2D eigenvalue weighted by atomic mass is 10.2. The van der Waals surface area contributed by atoms with Crippen molar-refractivity contribution in [2.24, 2.45) is 0 Å². The summed E-state index contributed by atoms with van der Waals surface area (Å²) in [4.78, 5) is 23.8. The highest BCUT2D eigenvalue weighted by Crippen LogP contribution is 2.21. The number of hydrogen-bond acceptors (Lipinski definition) is 4. The van der Waals surface area contributed by atoms with Gasteiger partial charge in [-0.1, -0.05) is 29.8 Å². The first-order valence-corrected chi connectivity index (χ1v) is 7.78. The maximum Gasteiger partial charge on any atom is 0.344 e. The monoisotopic (exact) mass is 347 g/mol. The van der Waals surface area contributed by atoms with Gasteiger partial charge >= 0.3 is 5.97 Å². The van der Waals surface area contributed by atoms with Crippen LogP contribution in [0.1, 0.15) is 12.5 Å². The van der Waals surface area contributed by atoms with E-state index in [9.17, 15) is 9.59 Å². The van der Waals surface area contributed by atoms with Crippen molar-refractivity contribution in [3.63, 3.8) is 0 Å². The summed E-state index contributed by atoms with van der Waals surface area (Å²) in [5.74, 6) is -0.491. The van der Waals surface area contributed by atoms with Crippen LogP contribution in [0.25, 0.3) is 0 Å². The molecule has 0 aliphatic heterocycles. The second-order valence-electron chi connectivity index (χ2n) is 5.19. The van der Waals surface area contributed by atoms with Gasteiger partial charge in [-0.15, -0.1) is 0 Å². The first kappa shape index (κ1) is 17.8. The van der Waals surface area contributed by atoms with Gasteiger partial charge in [-0.2, -0.15) is 0 Å². The molecule has 0 spiro atoms. The molecule has 2 rings (SSSR count). The molecule has 1 atom stereocenters. The zero-order valence-corrected chi connectivity index (χ0v) is 14.2. The van der Waals surface area contributed by atoms with Gasteiger partial charge in [0.05, 0.1) is 0 Å². The number of para-hydroxylation sites is 1. The van der Waals surface area contributed by atoms with E-state index in [1.807, 2.05) is 13.0 Å². The van der Waals surface area contributed by atoms with Crippen molar-refractivity contribution in [1.82, 2.24) is 0 Å². The van der Waals surface area contributed by atoms with Crippen molar-refractivity contribution < 1.29 is 19.1 Å². The highest BCUT2D eigenvalue weighted by Gasteiger charge is 2.18. The molecule has 0 saturated carbocycles. The zero-order valence-electron chi connectivity index (χ0n) is 13.4. The maximum absolute atomic E-state index is 12.0. The predicted molar refractivity (Wildman–Crippen MR) is 92.3 cm³/mol. The highest BCUT2D eigenvalue weighted by atomic mass is 35.5. The Bertz CT molecular complexity index is 718. The number of anilines is 1. The van der Waals surface area contributed by atoms with E-state index in [1.165, 1.54) is 6.92 Å². The number of carbonyl (C=O) groups is 2. The fraction of sp³-hybridized carbons (Fsp3) is 0.222. The molecule has 0 bridgehead atoms. The average Bonchev–Trinajstić information content (AvgIpc) is 2.55. The van der Waals surface area contributed by atoms with Crippen LogP contribution in [0.3, 0.4) is 0 Å². The fourth-order valence-corrected chi connectivity index (χ4v) is 2.19. The molecular weight excluding hydrogens is 330 g/mol. The molecule has 0 heterocycles. The molecule has 6 heteroatoms. The molecule has 1 amide bonds. The summed E-state index contributed by atoms with van der Waals surface area (Å²) in [6, 6.07) is 14.0. The number of nitrogens with one attached hydrogen (secondary N) is 1. The standard InChI is InChI=1S/C18H18ClNO4/c1-12-10-14(19)8-9-16(12)23-11-17(21)24-13(2)18(22)20-15-6-4-3-5-7-15/h3-10,13H,11H2,1-2H3,(H,20,22)/t13-/m1/s1. The summed E-state index contributed by atoms with van der Waals surface area (Å²) in [5.41, 5.74) is 1.45. The van der Waals surface area contributed by atoms with E-state index in [1.54, 1.807) is 42.5 Å². The molecule has 0 aliphatic carbocycles. The van der Waals surface area contributed by atoms with E-state index in [-0.39, 0.29) is 6.61 Å². The summed E-state index contributed by atoms with van der Waals surface area (Å²) in [5, 5.41) is 3.26. The van der Waals surface area contributed by atoms with Crippen LogP contribution in [0.5, 0.6) is 5.75 Å². The van der Waals surface area contributed by atoms with Crippen LogP contribution in [-0.4, -0.2) is 24.6 Å². The van der Waals surface area contributed by atoms with E-state index in [0.717, 1.165) is 5.56 Å². The molecule has 0 fully saturated rings. The lowest BCUT2D eigenvalue weighted by molar-refractivity contribution is -0.155. The van der Waals surface area contributed by atoms with Gasteiger partial charge in [-0.25, -0.2) is 4.79 Å². The Labute approximate surface area is 145 Å². The van der Waals surface area contributed by atoms with E-state index >= 15 is 0 Å². The van der Waals surface area contributed by atoms with Crippen molar-refractivity contribution in [1.29, 1.82) is 0 Å². The average molecular weight is 348 g/mol. The van der Waals surface area contributed by atoms with Gasteiger partial charge in [0.1, 0.15) is 5.75 Å². The molecule has 0 radical (unpaired) electrons.